The van der Waals surface area contributed by atoms with Crippen molar-refractivity contribution in [1.82, 2.24) is 4.98 Å². The first-order chi connectivity index (χ1) is 8.70. The number of benzene rings is 1. The van der Waals surface area contributed by atoms with Gasteiger partial charge in [0.15, 0.2) is 0 Å². The van der Waals surface area contributed by atoms with Crippen LogP contribution < -0.4 is 10.5 Å². The molecule has 2 rings (SSSR count). The van der Waals surface area contributed by atoms with Crippen LogP contribution in [0.25, 0.3) is 0 Å². The minimum atomic E-state index is 0.571. The van der Waals surface area contributed by atoms with Crippen molar-refractivity contribution in [3.63, 3.8) is 0 Å². The van der Waals surface area contributed by atoms with Crippen LogP contribution >= 0.6 is 11.3 Å². The molecule has 0 aliphatic carbocycles. The summed E-state index contributed by atoms with van der Waals surface area (Å²) in [5.41, 5.74) is 10.9. The Bertz CT molecular complexity index is 522. The fraction of sp³-hybridized carbons (Fsp3) is 0.357. The highest BCUT2D eigenvalue weighted by atomic mass is 32.1. The molecule has 0 bridgehead atoms. The van der Waals surface area contributed by atoms with Crippen molar-refractivity contribution in [1.29, 1.82) is 0 Å². The summed E-state index contributed by atoms with van der Waals surface area (Å²) in [5.74, 6) is 0.939. The van der Waals surface area contributed by atoms with Gasteiger partial charge in [-0.05, 0) is 31.0 Å². The van der Waals surface area contributed by atoms with Crippen molar-refractivity contribution in [3.05, 3.63) is 45.4 Å². The Kier molecular flexibility index (Phi) is 4.33. The third-order valence-corrected chi connectivity index (χ3v) is 3.90. The topological polar surface area (TPSA) is 48.1 Å². The number of aromatic nitrogens is 1. The molecule has 96 valence electrons. The zero-order valence-electron chi connectivity index (χ0n) is 10.8. The zero-order chi connectivity index (χ0) is 13.0. The Morgan fingerprint density at radius 2 is 2.17 bits per heavy atom. The van der Waals surface area contributed by atoms with Crippen LogP contribution in [0.5, 0.6) is 5.75 Å². The molecule has 0 atom stereocenters. The molecular weight excluding hydrogens is 244 g/mol. The highest BCUT2D eigenvalue weighted by Gasteiger charge is 2.04. The minimum absolute atomic E-state index is 0.571. The highest BCUT2D eigenvalue weighted by molar-refractivity contribution is 7.09. The fourth-order valence-electron chi connectivity index (χ4n) is 1.82. The molecule has 18 heavy (non-hydrogen) atoms. The number of nitrogens with zero attached hydrogens (tertiary/aromatic N) is 1. The van der Waals surface area contributed by atoms with Gasteiger partial charge < -0.3 is 10.5 Å². The first-order valence-electron chi connectivity index (χ1n) is 6.02. The smallest absolute Gasteiger partial charge is 0.122 e. The third-order valence-electron chi connectivity index (χ3n) is 2.91. The predicted molar refractivity (Wildman–Crippen MR) is 75.1 cm³/mol. The average Bonchev–Trinajstić information content (AvgIpc) is 2.77. The summed E-state index contributed by atoms with van der Waals surface area (Å²) >= 11 is 1.69. The van der Waals surface area contributed by atoms with E-state index >= 15 is 0 Å². The molecule has 0 fully saturated rings. The van der Waals surface area contributed by atoms with Crippen LogP contribution in [0.1, 0.15) is 21.7 Å². The van der Waals surface area contributed by atoms with Gasteiger partial charge in [0.1, 0.15) is 5.75 Å². The van der Waals surface area contributed by atoms with Crippen molar-refractivity contribution in [3.8, 4) is 5.75 Å². The molecule has 4 heteroatoms. The van der Waals surface area contributed by atoms with Crippen molar-refractivity contribution in [2.75, 3.05) is 6.61 Å². The first kappa shape index (κ1) is 13.1. The van der Waals surface area contributed by atoms with Crippen LogP contribution in [0.4, 0.5) is 0 Å². The molecule has 0 spiro atoms. The van der Waals surface area contributed by atoms with Gasteiger partial charge in [0.05, 0.1) is 17.8 Å². The molecule has 3 nitrogen and oxygen atoms in total. The van der Waals surface area contributed by atoms with Gasteiger partial charge in [0, 0.05) is 17.8 Å². The van der Waals surface area contributed by atoms with E-state index in [0.717, 1.165) is 29.0 Å². The standard InChI is InChI=1S/C14H18N2OS/c1-10-7-12(8-15)3-4-13(10)17-6-5-14-11(2)16-9-18-14/h3-4,7,9H,5-6,8,15H2,1-2H3. The lowest BCUT2D eigenvalue weighted by Crippen LogP contribution is -2.03. The van der Waals surface area contributed by atoms with E-state index in [-0.39, 0.29) is 0 Å². The number of aryl methyl sites for hydroxylation is 2. The van der Waals surface area contributed by atoms with E-state index in [0.29, 0.717) is 13.2 Å². The Morgan fingerprint density at radius 1 is 1.33 bits per heavy atom. The second kappa shape index (κ2) is 5.98. The molecular formula is C14H18N2OS. The molecule has 0 radical (unpaired) electrons. The van der Waals surface area contributed by atoms with Crippen LogP contribution in [-0.2, 0) is 13.0 Å². The van der Waals surface area contributed by atoms with E-state index in [2.05, 4.69) is 11.1 Å². The van der Waals surface area contributed by atoms with Gasteiger partial charge in [0.25, 0.3) is 0 Å². The minimum Gasteiger partial charge on any atom is -0.493 e. The summed E-state index contributed by atoms with van der Waals surface area (Å²) in [6.07, 6.45) is 0.911. The number of nitrogens with two attached hydrogens (primary N) is 1. The largest absolute Gasteiger partial charge is 0.493 e. The lowest BCUT2D eigenvalue weighted by molar-refractivity contribution is 0.320. The van der Waals surface area contributed by atoms with E-state index in [9.17, 15) is 0 Å². The molecule has 0 unspecified atom stereocenters. The van der Waals surface area contributed by atoms with E-state index in [1.54, 1.807) is 11.3 Å². The SMILES string of the molecule is Cc1cc(CN)ccc1OCCc1scnc1C. The first-order valence-corrected chi connectivity index (χ1v) is 6.90. The van der Waals surface area contributed by atoms with E-state index in [4.69, 9.17) is 10.5 Å². The Hall–Kier alpha value is -1.39. The van der Waals surface area contributed by atoms with Gasteiger partial charge in [0.2, 0.25) is 0 Å². The van der Waals surface area contributed by atoms with Gasteiger partial charge in [-0.25, -0.2) is 4.98 Å². The van der Waals surface area contributed by atoms with Crippen LogP contribution in [0.15, 0.2) is 23.7 Å². The van der Waals surface area contributed by atoms with Crippen LogP contribution in [-0.4, -0.2) is 11.6 Å². The molecule has 1 heterocycles. The monoisotopic (exact) mass is 262 g/mol. The molecule has 1 aromatic heterocycles. The van der Waals surface area contributed by atoms with Crippen molar-refractivity contribution >= 4 is 11.3 Å². The average molecular weight is 262 g/mol. The lowest BCUT2D eigenvalue weighted by atomic mass is 10.1. The van der Waals surface area contributed by atoms with E-state index in [1.165, 1.54) is 4.88 Å². The van der Waals surface area contributed by atoms with E-state index < -0.39 is 0 Å². The molecule has 0 saturated carbocycles. The summed E-state index contributed by atoms with van der Waals surface area (Å²) in [4.78, 5) is 5.53. The van der Waals surface area contributed by atoms with Gasteiger partial charge in [-0.2, -0.15) is 0 Å². The number of thiazole rings is 1. The second-order valence-electron chi connectivity index (χ2n) is 4.26. The number of ether oxygens (including phenoxy) is 1. The Labute approximate surface area is 112 Å². The van der Waals surface area contributed by atoms with Gasteiger partial charge in [-0.3, -0.25) is 0 Å². The molecule has 2 aromatic rings. The summed E-state index contributed by atoms with van der Waals surface area (Å²) in [6, 6.07) is 6.09. The molecule has 0 aliphatic rings. The molecule has 0 aliphatic heterocycles. The van der Waals surface area contributed by atoms with Gasteiger partial charge >= 0.3 is 0 Å². The number of hydrogen-bond donors (Lipinski definition) is 1. The van der Waals surface area contributed by atoms with Gasteiger partial charge in [-0.1, -0.05) is 12.1 Å². The second-order valence-corrected chi connectivity index (χ2v) is 5.20. The highest BCUT2D eigenvalue weighted by Crippen LogP contribution is 2.20. The number of hydrogen-bond acceptors (Lipinski definition) is 4. The summed E-state index contributed by atoms with van der Waals surface area (Å²) in [7, 11) is 0. The molecule has 0 amide bonds. The van der Waals surface area contributed by atoms with Crippen molar-refractivity contribution in [2.24, 2.45) is 5.73 Å². The molecule has 2 N–H and O–H groups in total. The van der Waals surface area contributed by atoms with Crippen LogP contribution in [0.2, 0.25) is 0 Å². The van der Waals surface area contributed by atoms with Crippen LogP contribution in [0, 0.1) is 13.8 Å². The van der Waals surface area contributed by atoms with Gasteiger partial charge in [-0.15, -0.1) is 11.3 Å². The maximum Gasteiger partial charge on any atom is 0.122 e. The quantitative estimate of drug-likeness (QED) is 0.901. The maximum atomic E-state index is 5.80. The Morgan fingerprint density at radius 3 is 2.78 bits per heavy atom. The van der Waals surface area contributed by atoms with Crippen molar-refractivity contribution in [2.45, 2.75) is 26.8 Å². The summed E-state index contributed by atoms with van der Waals surface area (Å²) in [6.45, 7) is 5.34. The predicted octanol–water partition coefficient (Wildman–Crippen LogP) is 2.84. The number of rotatable bonds is 5. The Balaban J connectivity index is 1.92. The van der Waals surface area contributed by atoms with Crippen LogP contribution in [0.3, 0.4) is 0 Å². The summed E-state index contributed by atoms with van der Waals surface area (Å²) in [5, 5.41) is 0. The fourth-order valence-corrected chi connectivity index (χ4v) is 2.58. The lowest BCUT2D eigenvalue weighted by Gasteiger charge is -2.09. The van der Waals surface area contributed by atoms with E-state index in [1.807, 2.05) is 31.5 Å². The molecule has 0 saturated heterocycles. The third kappa shape index (κ3) is 3.09. The maximum absolute atomic E-state index is 5.80. The van der Waals surface area contributed by atoms with Crippen molar-refractivity contribution < 1.29 is 4.74 Å². The zero-order valence-corrected chi connectivity index (χ0v) is 11.6. The summed E-state index contributed by atoms with van der Waals surface area (Å²) < 4.78 is 5.80. The molecule has 1 aromatic carbocycles. The normalized spacial score (nSPS) is 10.6.